The molecule has 21 heavy (non-hydrogen) atoms. The van der Waals surface area contributed by atoms with Gasteiger partial charge in [-0.05, 0) is 30.9 Å². The second-order valence-corrected chi connectivity index (χ2v) is 5.84. The number of rotatable bonds is 6. The molecule has 0 bridgehead atoms. The predicted octanol–water partition coefficient (Wildman–Crippen LogP) is 2.76. The summed E-state index contributed by atoms with van der Waals surface area (Å²) in [7, 11) is 0. The van der Waals surface area contributed by atoms with Gasteiger partial charge in [-0.2, -0.15) is 0 Å². The van der Waals surface area contributed by atoms with Crippen LogP contribution >= 0.6 is 12.2 Å². The summed E-state index contributed by atoms with van der Waals surface area (Å²) in [4.78, 5) is 24.6. The molecule has 4 nitrogen and oxygen atoms in total. The van der Waals surface area contributed by atoms with Crippen molar-refractivity contribution in [2.75, 3.05) is 6.54 Å². The maximum Gasteiger partial charge on any atom is 0.323 e. The fraction of sp³-hybridized carbons (Fsp3) is 0.438. The largest absolute Gasteiger partial charge is 0.480 e. The van der Waals surface area contributed by atoms with E-state index in [9.17, 15) is 9.59 Å². The standard InChI is InChI=1S/C16H19NO3S/c1-11(18)6-9-15(21)17(10-16(19)20)14-8-7-12-4-2-3-5-13(12)14/h2-5,14H,6-10H2,1H3,(H,19,20). The first-order valence-electron chi connectivity index (χ1n) is 7.07. The van der Waals surface area contributed by atoms with E-state index in [0.29, 0.717) is 17.8 Å². The molecule has 1 aliphatic rings. The van der Waals surface area contributed by atoms with Gasteiger partial charge in [-0.25, -0.2) is 0 Å². The minimum atomic E-state index is -0.899. The third kappa shape index (κ3) is 3.88. The third-order valence-electron chi connectivity index (χ3n) is 3.79. The number of hydrogen-bond acceptors (Lipinski definition) is 3. The van der Waals surface area contributed by atoms with Crippen molar-refractivity contribution in [1.29, 1.82) is 0 Å². The molecule has 0 aromatic heterocycles. The number of carbonyl (C=O) groups excluding carboxylic acids is 1. The summed E-state index contributed by atoms with van der Waals surface area (Å²) < 4.78 is 0. The Bertz CT molecular complexity index is 570. The summed E-state index contributed by atoms with van der Waals surface area (Å²) in [6.45, 7) is 1.41. The Labute approximate surface area is 129 Å². The quantitative estimate of drug-likeness (QED) is 0.819. The Kier molecular flexibility index (Phi) is 5.07. The molecule has 1 unspecified atom stereocenters. The van der Waals surface area contributed by atoms with Crippen molar-refractivity contribution in [3.8, 4) is 0 Å². The van der Waals surface area contributed by atoms with Crippen molar-refractivity contribution in [2.24, 2.45) is 0 Å². The number of hydrogen-bond donors (Lipinski definition) is 1. The SMILES string of the molecule is CC(=O)CCC(=S)N(CC(=O)O)C1CCc2ccccc21. The van der Waals surface area contributed by atoms with Crippen molar-refractivity contribution >= 4 is 29.0 Å². The van der Waals surface area contributed by atoms with Gasteiger partial charge in [0.15, 0.2) is 0 Å². The van der Waals surface area contributed by atoms with Gasteiger partial charge in [0.25, 0.3) is 0 Å². The minimum Gasteiger partial charge on any atom is -0.480 e. The number of benzene rings is 1. The van der Waals surface area contributed by atoms with E-state index in [1.807, 2.05) is 18.2 Å². The van der Waals surface area contributed by atoms with E-state index in [-0.39, 0.29) is 18.4 Å². The first kappa shape index (κ1) is 15.6. The van der Waals surface area contributed by atoms with E-state index in [1.165, 1.54) is 12.5 Å². The molecule has 1 aromatic carbocycles. The smallest absolute Gasteiger partial charge is 0.323 e. The molecule has 0 aliphatic heterocycles. The van der Waals surface area contributed by atoms with Crippen LogP contribution in [0.5, 0.6) is 0 Å². The third-order valence-corrected chi connectivity index (χ3v) is 4.23. The Hall–Kier alpha value is -1.75. The highest BCUT2D eigenvalue weighted by molar-refractivity contribution is 7.80. The van der Waals surface area contributed by atoms with E-state index in [2.05, 4.69) is 6.07 Å². The number of ketones is 1. The van der Waals surface area contributed by atoms with Crippen LogP contribution in [-0.4, -0.2) is 33.3 Å². The average molecular weight is 305 g/mol. The van der Waals surface area contributed by atoms with Crippen molar-refractivity contribution in [3.63, 3.8) is 0 Å². The molecule has 2 rings (SSSR count). The van der Waals surface area contributed by atoms with Gasteiger partial charge in [-0.15, -0.1) is 0 Å². The normalized spacial score (nSPS) is 16.3. The fourth-order valence-corrected chi connectivity index (χ4v) is 3.10. The number of aryl methyl sites for hydroxylation is 1. The maximum absolute atomic E-state index is 11.2. The molecule has 0 amide bonds. The molecule has 0 saturated heterocycles. The zero-order chi connectivity index (χ0) is 15.4. The van der Waals surface area contributed by atoms with Gasteiger partial charge in [0.1, 0.15) is 12.3 Å². The fourth-order valence-electron chi connectivity index (χ4n) is 2.80. The van der Waals surface area contributed by atoms with Crippen molar-refractivity contribution < 1.29 is 14.7 Å². The van der Waals surface area contributed by atoms with Gasteiger partial charge >= 0.3 is 5.97 Å². The summed E-state index contributed by atoms with van der Waals surface area (Å²) in [5, 5.41) is 9.15. The first-order chi connectivity index (χ1) is 9.99. The number of carboxylic acids is 1. The summed E-state index contributed by atoms with van der Waals surface area (Å²) in [6, 6.07) is 8.09. The minimum absolute atomic E-state index is 0.0109. The molecular weight excluding hydrogens is 286 g/mol. The molecular formula is C16H19NO3S. The maximum atomic E-state index is 11.2. The van der Waals surface area contributed by atoms with Gasteiger partial charge in [-0.3, -0.25) is 4.79 Å². The molecule has 0 spiro atoms. The topological polar surface area (TPSA) is 57.6 Å². The number of carbonyl (C=O) groups is 2. The van der Waals surface area contributed by atoms with E-state index in [1.54, 1.807) is 4.90 Å². The Morgan fingerprint density at radius 3 is 2.71 bits per heavy atom. The summed E-state index contributed by atoms with van der Waals surface area (Å²) in [5.41, 5.74) is 2.41. The van der Waals surface area contributed by atoms with Gasteiger partial charge in [0.05, 0.1) is 11.0 Å². The van der Waals surface area contributed by atoms with E-state index in [4.69, 9.17) is 17.3 Å². The molecule has 112 valence electrons. The number of nitrogens with zero attached hydrogens (tertiary/aromatic N) is 1. The second kappa shape index (κ2) is 6.80. The number of carboxylic acid groups (broad SMARTS) is 1. The van der Waals surface area contributed by atoms with Crippen LogP contribution in [0.25, 0.3) is 0 Å². The zero-order valence-electron chi connectivity index (χ0n) is 12.0. The lowest BCUT2D eigenvalue weighted by Gasteiger charge is -2.30. The molecule has 1 N–H and O–H groups in total. The predicted molar refractivity (Wildman–Crippen MR) is 84.4 cm³/mol. The van der Waals surface area contributed by atoms with E-state index < -0.39 is 5.97 Å². The zero-order valence-corrected chi connectivity index (χ0v) is 12.9. The molecule has 0 heterocycles. The van der Waals surface area contributed by atoms with Crippen molar-refractivity contribution in [1.82, 2.24) is 4.90 Å². The molecule has 0 saturated carbocycles. The Morgan fingerprint density at radius 2 is 2.05 bits per heavy atom. The van der Waals surface area contributed by atoms with Crippen molar-refractivity contribution in [3.05, 3.63) is 35.4 Å². The molecule has 0 radical (unpaired) electrons. The van der Waals surface area contributed by atoms with Gasteiger partial charge in [-0.1, -0.05) is 36.5 Å². The van der Waals surface area contributed by atoms with Crippen LogP contribution in [0.15, 0.2) is 24.3 Å². The molecule has 1 aliphatic carbocycles. The summed E-state index contributed by atoms with van der Waals surface area (Å²) in [6.07, 6.45) is 2.61. The molecule has 1 aromatic rings. The van der Waals surface area contributed by atoms with Gasteiger partial charge < -0.3 is 14.8 Å². The highest BCUT2D eigenvalue weighted by atomic mass is 32.1. The lowest BCUT2D eigenvalue weighted by Crippen LogP contribution is -2.37. The van der Waals surface area contributed by atoms with Crippen LogP contribution in [0.2, 0.25) is 0 Å². The van der Waals surface area contributed by atoms with Crippen LogP contribution in [0, 0.1) is 0 Å². The van der Waals surface area contributed by atoms with E-state index >= 15 is 0 Å². The lowest BCUT2D eigenvalue weighted by atomic mass is 10.1. The van der Waals surface area contributed by atoms with Crippen LogP contribution in [-0.2, 0) is 16.0 Å². The Morgan fingerprint density at radius 1 is 1.33 bits per heavy atom. The first-order valence-corrected chi connectivity index (χ1v) is 7.48. The lowest BCUT2D eigenvalue weighted by molar-refractivity contribution is -0.137. The summed E-state index contributed by atoms with van der Waals surface area (Å²) in [5.74, 6) is -0.830. The highest BCUT2D eigenvalue weighted by Crippen LogP contribution is 2.36. The summed E-state index contributed by atoms with van der Waals surface area (Å²) >= 11 is 5.39. The van der Waals surface area contributed by atoms with E-state index in [0.717, 1.165) is 18.4 Å². The highest BCUT2D eigenvalue weighted by Gasteiger charge is 2.30. The van der Waals surface area contributed by atoms with Gasteiger partial charge in [0.2, 0.25) is 0 Å². The Balaban J connectivity index is 2.19. The number of aliphatic carboxylic acids is 1. The monoisotopic (exact) mass is 305 g/mol. The number of thiocarbonyl (C=S) groups is 1. The second-order valence-electron chi connectivity index (χ2n) is 5.37. The molecule has 5 heteroatoms. The van der Waals surface area contributed by atoms with Gasteiger partial charge in [0, 0.05) is 12.8 Å². The van der Waals surface area contributed by atoms with Crippen molar-refractivity contribution in [2.45, 2.75) is 38.6 Å². The van der Waals surface area contributed by atoms with Crippen LogP contribution in [0.1, 0.15) is 43.4 Å². The van der Waals surface area contributed by atoms with Crippen LogP contribution in [0.4, 0.5) is 0 Å². The number of Topliss-reactive ketones (excluding diaryl/α,β-unsaturated/α-hetero) is 1. The average Bonchev–Trinajstić information content (AvgIpc) is 2.85. The molecule has 0 fully saturated rings. The van der Waals surface area contributed by atoms with Crippen LogP contribution < -0.4 is 0 Å². The molecule has 1 atom stereocenters. The van der Waals surface area contributed by atoms with Crippen LogP contribution in [0.3, 0.4) is 0 Å². The number of fused-ring (bicyclic) bond motifs is 1.